The van der Waals surface area contributed by atoms with Gasteiger partial charge in [0.1, 0.15) is 11.4 Å². The van der Waals surface area contributed by atoms with Gasteiger partial charge in [0.15, 0.2) is 5.69 Å². The molecule has 1 fully saturated rings. The van der Waals surface area contributed by atoms with Crippen molar-refractivity contribution in [1.82, 2.24) is 15.3 Å². The summed E-state index contributed by atoms with van der Waals surface area (Å²) in [5, 5.41) is 8.70. The van der Waals surface area contributed by atoms with Gasteiger partial charge in [0, 0.05) is 6.04 Å². The predicted octanol–water partition coefficient (Wildman–Crippen LogP) is 6.96. The molecule has 1 saturated carbocycles. The van der Waals surface area contributed by atoms with E-state index < -0.39 is 23.3 Å². The van der Waals surface area contributed by atoms with Crippen LogP contribution >= 0.6 is 23.2 Å². The zero-order valence-electron chi connectivity index (χ0n) is 17.7. The minimum atomic E-state index is -4.93. The zero-order chi connectivity index (χ0) is 24.3. The number of hydrogen-bond donors (Lipinski definition) is 3. The first-order valence-corrected chi connectivity index (χ1v) is 11.3. The van der Waals surface area contributed by atoms with Crippen molar-refractivity contribution < 1.29 is 18.0 Å². The van der Waals surface area contributed by atoms with Crippen molar-refractivity contribution in [3.63, 3.8) is 0 Å². The highest BCUT2D eigenvalue weighted by atomic mass is 35.5. The number of halogens is 5. The number of rotatable bonds is 6. The molecule has 1 aliphatic carbocycles. The molecule has 0 aliphatic heterocycles. The third-order valence-electron chi connectivity index (χ3n) is 5.34. The number of amides is 1. The third-order valence-corrected chi connectivity index (χ3v) is 6.00. The summed E-state index contributed by atoms with van der Waals surface area (Å²) in [6, 6.07) is 12.7. The quantitative estimate of drug-likeness (QED) is 0.334. The van der Waals surface area contributed by atoms with Crippen molar-refractivity contribution in [3.8, 4) is 0 Å². The topological polar surface area (TPSA) is 78.9 Å². The lowest BCUT2D eigenvalue weighted by atomic mass is 10.1. The van der Waals surface area contributed by atoms with Crippen LogP contribution in [0, 0.1) is 0 Å². The molecule has 3 aromatic rings. The van der Waals surface area contributed by atoms with Crippen LogP contribution < -0.4 is 16.0 Å². The van der Waals surface area contributed by atoms with Crippen molar-refractivity contribution in [2.45, 2.75) is 37.9 Å². The summed E-state index contributed by atoms with van der Waals surface area (Å²) in [6.45, 7) is 0. The summed E-state index contributed by atoms with van der Waals surface area (Å²) >= 11 is 12.3. The van der Waals surface area contributed by atoms with Crippen LogP contribution in [0.15, 0.2) is 48.5 Å². The van der Waals surface area contributed by atoms with Crippen LogP contribution in [0.3, 0.4) is 0 Å². The van der Waals surface area contributed by atoms with E-state index in [-0.39, 0.29) is 33.5 Å². The van der Waals surface area contributed by atoms with Gasteiger partial charge in [-0.2, -0.15) is 18.2 Å². The first-order chi connectivity index (χ1) is 16.2. The van der Waals surface area contributed by atoms with Crippen LogP contribution in [0.5, 0.6) is 0 Å². The molecule has 6 nitrogen and oxygen atoms in total. The monoisotopic (exact) mass is 509 g/mol. The molecule has 0 unspecified atom stereocenters. The first kappa shape index (κ1) is 24.1. The molecule has 0 saturated heterocycles. The van der Waals surface area contributed by atoms with Gasteiger partial charge in [-0.05, 0) is 37.1 Å². The van der Waals surface area contributed by atoms with Gasteiger partial charge >= 0.3 is 6.18 Å². The molecule has 1 heterocycles. The smallest absolute Gasteiger partial charge is 0.349 e. The van der Waals surface area contributed by atoms with Crippen LogP contribution in [0.4, 0.5) is 36.3 Å². The number of alkyl halides is 3. The maximum atomic E-state index is 14.1. The number of anilines is 4. The molecule has 4 rings (SSSR count). The Balaban J connectivity index is 1.83. The lowest BCUT2D eigenvalue weighted by Crippen LogP contribution is -2.35. The van der Waals surface area contributed by atoms with E-state index in [1.165, 1.54) is 0 Å². The van der Waals surface area contributed by atoms with Gasteiger partial charge < -0.3 is 16.0 Å². The van der Waals surface area contributed by atoms with Crippen LogP contribution in [0.2, 0.25) is 10.0 Å². The van der Waals surface area contributed by atoms with Gasteiger partial charge in [0.2, 0.25) is 5.95 Å². The summed E-state index contributed by atoms with van der Waals surface area (Å²) in [5.74, 6) is -1.62. The van der Waals surface area contributed by atoms with Gasteiger partial charge in [-0.3, -0.25) is 4.79 Å². The van der Waals surface area contributed by atoms with Crippen LogP contribution in [-0.2, 0) is 6.18 Å². The van der Waals surface area contributed by atoms with Crippen molar-refractivity contribution in [1.29, 1.82) is 0 Å². The summed E-state index contributed by atoms with van der Waals surface area (Å²) < 4.78 is 42.4. The molecule has 1 aromatic heterocycles. The van der Waals surface area contributed by atoms with Crippen LogP contribution in [-0.4, -0.2) is 21.9 Å². The van der Waals surface area contributed by atoms with E-state index in [0.29, 0.717) is 18.5 Å². The number of para-hydroxylation sites is 2. The maximum absolute atomic E-state index is 14.1. The van der Waals surface area contributed by atoms with Gasteiger partial charge in [-0.25, -0.2) is 4.98 Å². The van der Waals surface area contributed by atoms with E-state index >= 15 is 0 Å². The molecular formula is C23H20Cl2F3N5O. The minimum Gasteiger partial charge on any atom is -0.349 e. The van der Waals surface area contributed by atoms with Gasteiger partial charge in [-0.15, -0.1) is 0 Å². The summed E-state index contributed by atoms with van der Waals surface area (Å²) in [6.07, 6.45) is -1.72. The van der Waals surface area contributed by atoms with E-state index in [2.05, 4.69) is 25.9 Å². The number of hydrogen-bond acceptors (Lipinski definition) is 5. The summed E-state index contributed by atoms with van der Waals surface area (Å²) in [7, 11) is 0. The van der Waals surface area contributed by atoms with Crippen molar-refractivity contribution in [2.75, 3.05) is 10.6 Å². The van der Waals surface area contributed by atoms with Gasteiger partial charge in [0.05, 0.1) is 21.4 Å². The van der Waals surface area contributed by atoms with E-state index in [1.54, 1.807) is 48.5 Å². The molecule has 0 atom stereocenters. The Kier molecular flexibility index (Phi) is 7.13. The SMILES string of the molecule is O=C(NC1CCCC1)c1c(Nc2ccccc2Cl)nc(Nc2ccccc2Cl)nc1C(F)(F)F. The fourth-order valence-corrected chi connectivity index (χ4v) is 4.09. The van der Waals surface area contributed by atoms with E-state index in [1.807, 2.05) is 0 Å². The number of aromatic nitrogens is 2. The Labute approximate surface area is 203 Å². The highest BCUT2D eigenvalue weighted by Crippen LogP contribution is 2.37. The minimum absolute atomic E-state index is 0.206. The Bertz CT molecular complexity index is 1200. The zero-order valence-corrected chi connectivity index (χ0v) is 19.2. The standard InChI is InChI=1S/C23H20Cl2F3N5O/c24-14-9-3-5-11-16(14)30-20-18(21(34)29-13-7-1-2-8-13)19(23(26,27)28)32-22(33-20)31-17-12-6-4-10-15(17)25/h3-6,9-13H,1-2,7-8H2,(H,29,34)(H2,30,31,32,33). The average molecular weight is 510 g/mol. The van der Waals surface area contributed by atoms with Gasteiger partial charge in [-0.1, -0.05) is 60.3 Å². The number of nitrogens with one attached hydrogen (secondary N) is 3. The Hall–Kier alpha value is -3.04. The first-order valence-electron chi connectivity index (χ1n) is 10.6. The molecule has 0 spiro atoms. The molecule has 11 heteroatoms. The second-order valence-electron chi connectivity index (χ2n) is 7.78. The Morgan fingerprint density at radius 1 is 0.882 bits per heavy atom. The van der Waals surface area contributed by atoms with Crippen molar-refractivity contribution in [3.05, 3.63) is 69.8 Å². The molecule has 0 radical (unpaired) electrons. The second-order valence-corrected chi connectivity index (χ2v) is 8.60. The van der Waals surface area contributed by atoms with Crippen molar-refractivity contribution >= 4 is 52.3 Å². The lowest BCUT2D eigenvalue weighted by molar-refractivity contribution is -0.141. The average Bonchev–Trinajstić information content (AvgIpc) is 3.29. The molecule has 1 amide bonds. The summed E-state index contributed by atoms with van der Waals surface area (Å²) in [5.41, 5.74) is -1.48. The third kappa shape index (κ3) is 5.53. The molecule has 0 bridgehead atoms. The second kappa shape index (κ2) is 10.1. The molecule has 1 aliphatic rings. The van der Waals surface area contributed by atoms with Crippen LogP contribution in [0.1, 0.15) is 41.7 Å². The van der Waals surface area contributed by atoms with Crippen LogP contribution in [0.25, 0.3) is 0 Å². The molecule has 3 N–H and O–H groups in total. The fraction of sp³-hybridized carbons (Fsp3) is 0.261. The Morgan fingerprint density at radius 2 is 1.44 bits per heavy atom. The Morgan fingerprint density at radius 3 is 2.00 bits per heavy atom. The highest BCUT2D eigenvalue weighted by molar-refractivity contribution is 6.33. The molecule has 178 valence electrons. The predicted molar refractivity (Wildman–Crippen MR) is 126 cm³/mol. The van der Waals surface area contributed by atoms with Gasteiger partial charge in [0.25, 0.3) is 5.91 Å². The maximum Gasteiger partial charge on any atom is 0.434 e. The van der Waals surface area contributed by atoms with E-state index in [0.717, 1.165) is 12.8 Å². The number of benzene rings is 2. The number of nitrogens with zero attached hydrogens (tertiary/aromatic N) is 2. The normalized spacial score (nSPS) is 14.1. The van der Waals surface area contributed by atoms with E-state index in [9.17, 15) is 18.0 Å². The molecule has 34 heavy (non-hydrogen) atoms. The van der Waals surface area contributed by atoms with E-state index in [4.69, 9.17) is 23.2 Å². The fourth-order valence-electron chi connectivity index (χ4n) is 3.73. The molecule has 2 aromatic carbocycles. The molecular weight excluding hydrogens is 490 g/mol. The summed E-state index contributed by atoms with van der Waals surface area (Å²) in [4.78, 5) is 20.9. The van der Waals surface area contributed by atoms with Crippen molar-refractivity contribution in [2.24, 2.45) is 0 Å². The number of carbonyl (C=O) groups excluding carboxylic acids is 1. The number of carbonyl (C=O) groups is 1. The lowest BCUT2D eigenvalue weighted by Gasteiger charge is -2.20. The largest absolute Gasteiger partial charge is 0.434 e. The highest BCUT2D eigenvalue weighted by Gasteiger charge is 2.40.